The van der Waals surface area contributed by atoms with Gasteiger partial charge in [0.25, 0.3) is 0 Å². The minimum absolute atomic E-state index is 0.727. The van der Waals surface area contributed by atoms with Crippen LogP contribution in [0.1, 0.15) is 10.7 Å². The highest BCUT2D eigenvalue weighted by Crippen LogP contribution is 2.13. The van der Waals surface area contributed by atoms with Gasteiger partial charge in [0.15, 0.2) is 0 Å². The highest BCUT2D eigenvalue weighted by atomic mass is 32.1. The van der Waals surface area contributed by atoms with Gasteiger partial charge in [-0.25, -0.2) is 15.0 Å². The summed E-state index contributed by atoms with van der Waals surface area (Å²) >= 11 is 1.66. The Hall–Kier alpha value is -1.49. The highest BCUT2D eigenvalue weighted by Gasteiger charge is 2.06. The summed E-state index contributed by atoms with van der Waals surface area (Å²) in [6.07, 6.45) is 3.48. The first-order valence-corrected chi connectivity index (χ1v) is 5.53. The van der Waals surface area contributed by atoms with Gasteiger partial charge >= 0.3 is 0 Å². The lowest BCUT2D eigenvalue weighted by Crippen LogP contribution is -2.18. The highest BCUT2D eigenvalue weighted by molar-refractivity contribution is 7.09. The molecule has 4 nitrogen and oxygen atoms in total. The molecule has 78 valence electrons. The van der Waals surface area contributed by atoms with Gasteiger partial charge in [-0.1, -0.05) is 0 Å². The third kappa shape index (κ3) is 2.50. The Morgan fingerprint density at radius 2 is 2.07 bits per heavy atom. The quantitative estimate of drug-likeness (QED) is 0.792. The van der Waals surface area contributed by atoms with E-state index in [4.69, 9.17) is 0 Å². The van der Waals surface area contributed by atoms with Gasteiger partial charge in [-0.05, 0) is 13.0 Å². The average Bonchev–Trinajstić information content (AvgIpc) is 2.65. The number of aryl methyl sites for hydroxylation is 1. The summed E-state index contributed by atoms with van der Waals surface area (Å²) in [4.78, 5) is 14.7. The zero-order chi connectivity index (χ0) is 10.7. The molecule has 0 aliphatic heterocycles. The molecule has 0 fully saturated rings. The van der Waals surface area contributed by atoms with Crippen molar-refractivity contribution in [3.8, 4) is 0 Å². The molecule has 2 aromatic rings. The summed E-state index contributed by atoms with van der Waals surface area (Å²) in [6.45, 7) is 2.75. The van der Waals surface area contributed by atoms with E-state index in [-0.39, 0.29) is 0 Å². The molecule has 15 heavy (non-hydrogen) atoms. The van der Waals surface area contributed by atoms with Crippen LogP contribution in [0.2, 0.25) is 0 Å². The summed E-state index contributed by atoms with van der Waals surface area (Å²) in [5.74, 6) is 0.727. The van der Waals surface area contributed by atoms with E-state index in [0.717, 1.165) is 23.2 Å². The summed E-state index contributed by atoms with van der Waals surface area (Å²) in [5.41, 5.74) is 1.07. The van der Waals surface area contributed by atoms with Crippen LogP contribution >= 0.6 is 11.3 Å². The Morgan fingerprint density at radius 3 is 2.67 bits per heavy atom. The van der Waals surface area contributed by atoms with Crippen LogP contribution < -0.4 is 4.90 Å². The Morgan fingerprint density at radius 1 is 1.33 bits per heavy atom. The van der Waals surface area contributed by atoms with Crippen molar-refractivity contribution < 1.29 is 0 Å². The molecule has 0 aliphatic rings. The van der Waals surface area contributed by atoms with Gasteiger partial charge < -0.3 is 4.90 Å². The van der Waals surface area contributed by atoms with E-state index < -0.39 is 0 Å². The second-order valence-electron chi connectivity index (χ2n) is 3.29. The molecular formula is C10H12N4S. The maximum absolute atomic E-state index is 4.40. The minimum atomic E-state index is 0.727. The first kappa shape index (κ1) is 10.0. The lowest BCUT2D eigenvalue weighted by atomic mass is 10.5. The molecule has 0 N–H and O–H groups in total. The number of hydrogen-bond acceptors (Lipinski definition) is 5. The third-order valence-electron chi connectivity index (χ3n) is 1.93. The number of thiazole rings is 1. The normalized spacial score (nSPS) is 10.3. The molecule has 0 atom stereocenters. The largest absolute Gasteiger partial charge is 0.337 e. The predicted molar refractivity (Wildman–Crippen MR) is 61.0 cm³/mol. The van der Waals surface area contributed by atoms with Crippen molar-refractivity contribution >= 4 is 17.3 Å². The van der Waals surface area contributed by atoms with Crippen molar-refractivity contribution in [1.82, 2.24) is 15.0 Å². The first-order valence-electron chi connectivity index (χ1n) is 4.65. The second kappa shape index (κ2) is 4.35. The van der Waals surface area contributed by atoms with Gasteiger partial charge in [0, 0.05) is 30.5 Å². The van der Waals surface area contributed by atoms with Crippen LogP contribution in [0.5, 0.6) is 0 Å². The second-order valence-corrected chi connectivity index (χ2v) is 4.23. The molecule has 2 heterocycles. The van der Waals surface area contributed by atoms with Crippen molar-refractivity contribution in [2.45, 2.75) is 13.5 Å². The van der Waals surface area contributed by atoms with Crippen molar-refractivity contribution in [2.75, 3.05) is 11.9 Å². The van der Waals surface area contributed by atoms with Crippen molar-refractivity contribution in [3.05, 3.63) is 34.5 Å². The number of hydrogen-bond donors (Lipinski definition) is 0. The van der Waals surface area contributed by atoms with Crippen LogP contribution in [0.15, 0.2) is 23.8 Å². The predicted octanol–water partition coefficient (Wildman–Crippen LogP) is 1.88. The minimum Gasteiger partial charge on any atom is -0.337 e. The molecule has 0 bridgehead atoms. The molecule has 0 aromatic carbocycles. The number of anilines is 1. The van der Waals surface area contributed by atoms with E-state index in [2.05, 4.69) is 20.3 Å². The molecule has 5 heteroatoms. The lowest BCUT2D eigenvalue weighted by Gasteiger charge is -2.14. The summed E-state index contributed by atoms with van der Waals surface area (Å²) < 4.78 is 0. The average molecular weight is 220 g/mol. The molecule has 2 aromatic heterocycles. The SMILES string of the molecule is Cc1csc(CN(C)c2ncccn2)n1. The third-order valence-corrected chi connectivity index (χ3v) is 2.88. The molecule has 0 aliphatic carbocycles. The van der Waals surface area contributed by atoms with Gasteiger partial charge in [-0.2, -0.15) is 0 Å². The van der Waals surface area contributed by atoms with Crippen LogP contribution in [0.3, 0.4) is 0 Å². The van der Waals surface area contributed by atoms with E-state index >= 15 is 0 Å². The number of rotatable bonds is 3. The topological polar surface area (TPSA) is 41.9 Å². The number of nitrogens with zero attached hydrogens (tertiary/aromatic N) is 4. The smallest absolute Gasteiger partial charge is 0.225 e. The number of aromatic nitrogens is 3. The van der Waals surface area contributed by atoms with E-state index in [9.17, 15) is 0 Å². The van der Waals surface area contributed by atoms with Gasteiger partial charge in [0.1, 0.15) is 5.01 Å². The van der Waals surface area contributed by atoms with Crippen LogP contribution in [0, 0.1) is 6.92 Å². The Bertz CT molecular complexity index is 426. The Labute approximate surface area is 92.6 Å². The molecule has 2 rings (SSSR count). The maximum Gasteiger partial charge on any atom is 0.225 e. The fourth-order valence-corrected chi connectivity index (χ4v) is 2.06. The summed E-state index contributed by atoms with van der Waals surface area (Å²) in [7, 11) is 1.96. The summed E-state index contributed by atoms with van der Waals surface area (Å²) in [6, 6.07) is 1.81. The Balaban J connectivity index is 2.07. The first-order chi connectivity index (χ1) is 7.25. The fourth-order valence-electron chi connectivity index (χ4n) is 1.24. The fraction of sp³-hybridized carbons (Fsp3) is 0.300. The Kier molecular flexibility index (Phi) is 2.91. The molecule has 0 radical (unpaired) electrons. The van der Waals surface area contributed by atoms with Crippen LogP contribution in [-0.4, -0.2) is 22.0 Å². The van der Waals surface area contributed by atoms with E-state index in [1.807, 2.05) is 24.9 Å². The van der Waals surface area contributed by atoms with E-state index in [1.54, 1.807) is 23.7 Å². The van der Waals surface area contributed by atoms with Gasteiger partial charge in [0.2, 0.25) is 5.95 Å². The van der Waals surface area contributed by atoms with Gasteiger partial charge in [-0.3, -0.25) is 0 Å². The van der Waals surface area contributed by atoms with E-state index in [1.165, 1.54) is 0 Å². The molecule has 0 amide bonds. The van der Waals surface area contributed by atoms with Crippen LogP contribution in [0.4, 0.5) is 5.95 Å². The van der Waals surface area contributed by atoms with Gasteiger partial charge in [-0.15, -0.1) is 11.3 Å². The molecule has 0 saturated heterocycles. The lowest BCUT2D eigenvalue weighted by molar-refractivity contribution is 0.855. The molecule has 0 unspecified atom stereocenters. The molecule has 0 spiro atoms. The monoisotopic (exact) mass is 220 g/mol. The van der Waals surface area contributed by atoms with Crippen LogP contribution in [0.25, 0.3) is 0 Å². The van der Waals surface area contributed by atoms with E-state index in [0.29, 0.717) is 0 Å². The zero-order valence-electron chi connectivity index (χ0n) is 8.71. The van der Waals surface area contributed by atoms with Crippen molar-refractivity contribution in [2.24, 2.45) is 0 Å². The van der Waals surface area contributed by atoms with Crippen molar-refractivity contribution in [1.29, 1.82) is 0 Å². The molecular weight excluding hydrogens is 208 g/mol. The van der Waals surface area contributed by atoms with Crippen LogP contribution in [-0.2, 0) is 6.54 Å². The van der Waals surface area contributed by atoms with Crippen molar-refractivity contribution in [3.63, 3.8) is 0 Å². The van der Waals surface area contributed by atoms with Gasteiger partial charge in [0.05, 0.1) is 6.54 Å². The zero-order valence-corrected chi connectivity index (χ0v) is 9.53. The maximum atomic E-state index is 4.40. The standard InChI is InChI=1S/C10H12N4S/c1-8-7-15-9(13-8)6-14(2)10-11-4-3-5-12-10/h3-5,7H,6H2,1-2H3. The summed E-state index contributed by atoms with van der Waals surface area (Å²) in [5, 5.41) is 3.14. The molecule has 0 saturated carbocycles.